The van der Waals surface area contributed by atoms with Gasteiger partial charge in [0.15, 0.2) is 5.58 Å². The number of ether oxygens (including phenoxy) is 1. The van der Waals surface area contributed by atoms with E-state index >= 15 is 0 Å². The van der Waals surface area contributed by atoms with E-state index in [0.717, 1.165) is 16.8 Å². The number of nitrogens with one attached hydrogen (secondary N) is 1. The SMILES string of the molecule is Cc1oc(-c2ccccc2)nc1Cc1nc2cc(CC3NC(=O)OC3=O)ccc2o1. The van der Waals surface area contributed by atoms with Gasteiger partial charge in [-0.2, -0.15) is 0 Å². The number of rotatable bonds is 5. The highest BCUT2D eigenvalue weighted by molar-refractivity contribution is 5.95. The molecule has 1 aliphatic rings. The summed E-state index contributed by atoms with van der Waals surface area (Å²) in [6, 6.07) is 14.5. The summed E-state index contributed by atoms with van der Waals surface area (Å²) in [5.41, 5.74) is 3.82. The second-order valence-corrected chi connectivity index (χ2v) is 7.08. The van der Waals surface area contributed by atoms with Crippen molar-refractivity contribution in [2.24, 2.45) is 0 Å². The van der Waals surface area contributed by atoms with E-state index in [1.165, 1.54) is 0 Å². The van der Waals surface area contributed by atoms with Crippen molar-refractivity contribution < 1.29 is 23.2 Å². The zero-order valence-corrected chi connectivity index (χ0v) is 16.0. The molecule has 4 aromatic rings. The number of esters is 1. The van der Waals surface area contributed by atoms with Crippen LogP contribution >= 0.6 is 0 Å². The highest BCUT2D eigenvalue weighted by Crippen LogP contribution is 2.25. The Bertz CT molecular complexity index is 1260. The number of aromatic nitrogens is 2. The molecular weight excluding hydrogens is 386 g/mol. The highest BCUT2D eigenvalue weighted by Gasteiger charge is 2.32. The molecule has 0 spiro atoms. The molecule has 5 rings (SSSR count). The topological polar surface area (TPSA) is 107 Å². The fourth-order valence-corrected chi connectivity index (χ4v) is 3.43. The molecule has 0 radical (unpaired) electrons. The Labute approximate surface area is 170 Å². The average Bonchev–Trinajstić information content (AvgIpc) is 3.39. The minimum absolute atomic E-state index is 0.325. The molecule has 2 aromatic heterocycles. The van der Waals surface area contributed by atoms with Crippen LogP contribution in [0, 0.1) is 6.92 Å². The maximum absolute atomic E-state index is 11.6. The van der Waals surface area contributed by atoms with Crippen LogP contribution < -0.4 is 5.32 Å². The van der Waals surface area contributed by atoms with Crippen LogP contribution in [-0.2, 0) is 22.4 Å². The van der Waals surface area contributed by atoms with Crippen molar-refractivity contribution in [2.75, 3.05) is 0 Å². The van der Waals surface area contributed by atoms with E-state index in [0.29, 0.717) is 41.5 Å². The summed E-state index contributed by atoms with van der Waals surface area (Å²) in [5, 5.41) is 2.49. The Balaban J connectivity index is 1.36. The molecule has 2 aromatic carbocycles. The Morgan fingerprint density at radius 3 is 2.63 bits per heavy atom. The van der Waals surface area contributed by atoms with Gasteiger partial charge in [0.05, 0.1) is 12.1 Å². The first-order chi connectivity index (χ1) is 14.5. The van der Waals surface area contributed by atoms with Crippen LogP contribution in [0.1, 0.15) is 22.9 Å². The van der Waals surface area contributed by atoms with Crippen LogP contribution in [0.15, 0.2) is 57.4 Å². The fraction of sp³-hybridized carbons (Fsp3) is 0.182. The van der Waals surface area contributed by atoms with Crippen molar-refractivity contribution in [1.82, 2.24) is 15.3 Å². The van der Waals surface area contributed by atoms with Crippen molar-refractivity contribution in [3.63, 3.8) is 0 Å². The first-order valence-corrected chi connectivity index (χ1v) is 9.47. The van der Waals surface area contributed by atoms with Gasteiger partial charge in [0, 0.05) is 12.0 Å². The number of aryl methyl sites for hydroxylation is 1. The number of carbonyl (C=O) groups is 2. The van der Waals surface area contributed by atoms with E-state index in [1.807, 2.05) is 49.4 Å². The van der Waals surface area contributed by atoms with Crippen molar-refractivity contribution in [2.45, 2.75) is 25.8 Å². The summed E-state index contributed by atoms with van der Waals surface area (Å²) in [4.78, 5) is 31.9. The van der Waals surface area contributed by atoms with Gasteiger partial charge in [0.2, 0.25) is 11.8 Å². The van der Waals surface area contributed by atoms with Gasteiger partial charge in [-0.15, -0.1) is 0 Å². The second-order valence-electron chi connectivity index (χ2n) is 7.08. The largest absolute Gasteiger partial charge is 0.441 e. The van der Waals surface area contributed by atoms with E-state index in [1.54, 1.807) is 6.07 Å². The van der Waals surface area contributed by atoms with Gasteiger partial charge < -0.3 is 18.9 Å². The summed E-state index contributed by atoms with van der Waals surface area (Å²) in [7, 11) is 0. The van der Waals surface area contributed by atoms with Crippen molar-refractivity contribution in [3.8, 4) is 11.5 Å². The third kappa shape index (κ3) is 3.43. The van der Waals surface area contributed by atoms with Crippen LogP contribution in [0.3, 0.4) is 0 Å². The molecule has 1 saturated heterocycles. The number of hydrogen-bond acceptors (Lipinski definition) is 7. The van der Waals surface area contributed by atoms with Crippen molar-refractivity contribution in [1.29, 1.82) is 0 Å². The third-order valence-electron chi connectivity index (χ3n) is 4.94. The van der Waals surface area contributed by atoms with Crippen LogP contribution in [0.5, 0.6) is 0 Å². The number of alkyl carbamates (subject to hydrolysis) is 1. The molecule has 1 atom stereocenters. The zero-order valence-electron chi connectivity index (χ0n) is 16.0. The molecule has 1 fully saturated rings. The summed E-state index contributed by atoms with van der Waals surface area (Å²) >= 11 is 0. The standard InChI is InChI=1S/C22H17N3O5/c1-12-15(24-20(28-12)14-5-3-2-4-6-14)11-19-23-16-9-13(7-8-18(16)29-19)10-17-21(26)30-22(27)25-17/h2-9,17H,10-11H2,1H3,(H,25,27). The first kappa shape index (κ1) is 18.1. The number of benzene rings is 2. The van der Waals surface area contributed by atoms with Gasteiger partial charge in [0.1, 0.15) is 17.3 Å². The van der Waals surface area contributed by atoms with E-state index in [4.69, 9.17) is 8.83 Å². The normalized spacial score (nSPS) is 16.1. The van der Waals surface area contributed by atoms with Gasteiger partial charge in [-0.1, -0.05) is 24.3 Å². The minimum Gasteiger partial charge on any atom is -0.441 e. The zero-order chi connectivity index (χ0) is 20.7. The minimum atomic E-state index is -0.715. The number of nitrogens with zero attached hydrogens (tertiary/aromatic N) is 2. The van der Waals surface area contributed by atoms with Gasteiger partial charge in [-0.05, 0) is 36.8 Å². The molecule has 1 amide bonds. The molecule has 150 valence electrons. The Morgan fingerprint density at radius 2 is 1.87 bits per heavy atom. The molecule has 0 saturated carbocycles. The van der Waals surface area contributed by atoms with E-state index in [2.05, 4.69) is 20.0 Å². The monoisotopic (exact) mass is 403 g/mol. The van der Waals surface area contributed by atoms with Gasteiger partial charge in [-0.3, -0.25) is 0 Å². The lowest BCUT2D eigenvalue weighted by Gasteiger charge is -2.04. The lowest BCUT2D eigenvalue weighted by molar-refractivity contribution is -0.135. The quantitative estimate of drug-likeness (QED) is 0.401. The van der Waals surface area contributed by atoms with Crippen LogP contribution in [0.2, 0.25) is 0 Å². The predicted molar refractivity (Wildman–Crippen MR) is 106 cm³/mol. The number of carbonyl (C=O) groups excluding carboxylic acids is 2. The fourth-order valence-electron chi connectivity index (χ4n) is 3.43. The second kappa shape index (κ2) is 7.14. The van der Waals surface area contributed by atoms with Gasteiger partial charge in [-0.25, -0.2) is 19.6 Å². The van der Waals surface area contributed by atoms with Gasteiger partial charge in [0.25, 0.3) is 0 Å². The number of oxazole rings is 2. The third-order valence-corrected chi connectivity index (χ3v) is 4.94. The molecule has 3 heterocycles. The predicted octanol–water partition coefficient (Wildman–Crippen LogP) is 3.56. The number of hydrogen-bond donors (Lipinski definition) is 1. The molecule has 1 aliphatic heterocycles. The summed E-state index contributed by atoms with van der Waals surface area (Å²) in [6.45, 7) is 1.87. The van der Waals surface area contributed by atoms with Crippen LogP contribution in [0.25, 0.3) is 22.6 Å². The van der Waals surface area contributed by atoms with Crippen molar-refractivity contribution >= 4 is 23.2 Å². The first-order valence-electron chi connectivity index (χ1n) is 9.47. The Morgan fingerprint density at radius 1 is 1.03 bits per heavy atom. The van der Waals surface area contributed by atoms with Crippen molar-refractivity contribution in [3.05, 3.63) is 71.4 Å². The van der Waals surface area contributed by atoms with E-state index < -0.39 is 18.1 Å². The number of amides is 1. The average molecular weight is 403 g/mol. The number of fused-ring (bicyclic) bond motifs is 1. The van der Waals surface area contributed by atoms with Crippen LogP contribution in [0.4, 0.5) is 4.79 Å². The molecular formula is C22H17N3O5. The summed E-state index contributed by atoms with van der Waals surface area (Å²) < 4.78 is 16.2. The van der Waals surface area contributed by atoms with Crippen LogP contribution in [-0.4, -0.2) is 28.1 Å². The Kier molecular flexibility index (Phi) is 4.31. The lowest BCUT2D eigenvalue weighted by atomic mass is 10.1. The van der Waals surface area contributed by atoms with E-state index in [9.17, 15) is 9.59 Å². The molecule has 8 heteroatoms. The molecule has 0 bridgehead atoms. The lowest BCUT2D eigenvalue weighted by Crippen LogP contribution is -2.30. The highest BCUT2D eigenvalue weighted by atomic mass is 16.6. The maximum Gasteiger partial charge on any atom is 0.415 e. The molecule has 1 unspecified atom stereocenters. The Hall–Kier alpha value is -3.94. The van der Waals surface area contributed by atoms with Gasteiger partial charge >= 0.3 is 12.1 Å². The molecule has 8 nitrogen and oxygen atoms in total. The molecule has 30 heavy (non-hydrogen) atoms. The smallest absolute Gasteiger partial charge is 0.415 e. The number of cyclic esters (lactones) is 2. The maximum atomic E-state index is 11.6. The molecule has 0 aliphatic carbocycles. The van der Waals surface area contributed by atoms with E-state index in [-0.39, 0.29) is 0 Å². The summed E-state index contributed by atoms with van der Waals surface area (Å²) in [6.07, 6.45) is 0.00979. The molecule has 1 N–H and O–H groups in total. The summed E-state index contributed by atoms with van der Waals surface area (Å²) in [5.74, 6) is 1.22.